The number of hydrogen-bond acceptors (Lipinski definition) is 6. The largest absolute Gasteiger partial charge is 0.463 e. The smallest absolute Gasteiger partial charge is 0.212 e. The first-order chi connectivity index (χ1) is 8.79. The molecule has 0 N–H and O–H groups in total. The lowest BCUT2D eigenvalue weighted by molar-refractivity contribution is 0.111. The molecular formula is C11H8N4O2S. The molecule has 0 aromatic carbocycles. The molecule has 0 aliphatic rings. The van der Waals surface area contributed by atoms with Gasteiger partial charge in [-0.15, -0.1) is 16.4 Å². The van der Waals surface area contributed by atoms with Crippen LogP contribution in [0.1, 0.15) is 16.2 Å². The zero-order valence-corrected chi connectivity index (χ0v) is 10.2. The Kier molecular flexibility index (Phi) is 2.52. The summed E-state index contributed by atoms with van der Waals surface area (Å²) in [7, 11) is 0. The van der Waals surface area contributed by atoms with Gasteiger partial charge in [0.15, 0.2) is 17.7 Å². The fraction of sp³-hybridized carbons (Fsp3) is 0.0909. The van der Waals surface area contributed by atoms with E-state index in [0.29, 0.717) is 22.9 Å². The Bertz CT molecular complexity index is 684. The maximum absolute atomic E-state index is 11.0. The van der Waals surface area contributed by atoms with E-state index in [1.807, 2.05) is 12.3 Å². The maximum Gasteiger partial charge on any atom is 0.212 e. The van der Waals surface area contributed by atoms with Crippen molar-refractivity contribution >= 4 is 17.6 Å². The second-order valence-corrected chi connectivity index (χ2v) is 4.44. The van der Waals surface area contributed by atoms with Gasteiger partial charge in [0.05, 0.1) is 12.0 Å². The minimum Gasteiger partial charge on any atom is -0.463 e. The molecule has 0 saturated heterocycles. The number of hydrogen-bond donors (Lipinski definition) is 0. The third-order valence-electron chi connectivity index (χ3n) is 2.35. The van der Waals surface area contributed by atoms with Crippen molar-refractivity contribution in [3.63, 3.8) is 0 Å². The Morgan fingerprint density at radius 2 is 2.39 bits per heavy atom. The Labute approximate surface area is 106 Å². The van der Waals surface area contributed by atoms with Crippen molar-refractivity contribution in [3.05, 3.63) is 35.2 Å². The van der Waals surface area contributed by atoms with E-state index in [-0.39, 0.29) is 5.69 Å². The average molecular weight is 260 g/mol. The molecule has 0 fully saturated rings. The predicted molar refractivity (Wildman–Crippen MR) is 64.9 cm³/mol. The summed E-state index contributed by atoms with van der Waals surface area (Å²) in [6, 6.07) is 3.50. The van der Waals surface area contributed by atoms with Gasteiger partial charge in [-0.3, -0.25) is 4.79 Å². The molecule has 0 amide bonds. The zero-order chi connectivity index (χ0) is 12.5. The molecule has 0 radical (unpaired) electrons. The molecule has 0 spiro atoms. The van der Waals surface area contributed by atoms with E-state index < -0.39 is 0 Å². The van der Waals surface area contributed by atoms with Crippen LogP contribution < -0.4 is 0 Å². The summed E-state index contributed by atoms with van der Waals surface area (Å²) in [6.45, 7) is 1.89. The fourth-order valence-electron chi connectivity index (χ4n) is 1.59. The molecule has 3 aromatic heterocycles. The Hall–Kier alpha value is -2.28. The molecule has 18 heavy (non-hydrogen) atoms. The van der Waals surface area contributed by atoms with Crippen LogP contribution in [0.15, 0.2) is 28.2 Å². The van der Waals surface area contributed by atoms with Gasteiger partial charge in [-0.1, -0.05) is 5.21 Å². The summed E-state index contributed by atoms with van der Waals surface area (Å²) in [5, 5.41) is 10.3. The Morgan fingerprint density at radius 1 is 1.50 bits per heavy atom. The number of aldehydes is 1. The second kappa shape index (κ2) is 4.19. The highest BCUT2D eigenvalue weighted by molar-refractivity contribution is 7.12. The number of carbonyl (C=O) groups is 1. The number of furan rings is 1. The van der Waals surface area contributed by atoms with Crippen molar-refractivity contribution in [2.45, 2.75) is 6.92 Å². The summed E-state index contributed by atoms with van der Waals surface area (Å²) in [6.07, 6.45) is 2.19. The van der Waals surface area contributed by atoms with E-state index in [1.165, 1.54) is 22.3 Å². The molecule has 0 bridgehead atoms. The summed E-state index contributed by atoms with van der Waals surface area (Å²) < 4.78 is 6.82. The number of nitrogens with zero attached hydrogens (tertiary/aromatic N) is 4. The number of aryl methyl sites for hydroxylation is 1. The highest BCUT2D eigenvalue weighted by Gasteiger charge is 2.19. The van der Waals surface area contributed by atoms with Crippen LogP contribution >= 0.6 is 11.3 Å². The SMILES string of the molecule is Cc1csc(-n2nnc(C=O)c2-c2ccco2)n1. The van der Waals surface area contributed by atoms with Gasteiger partial charge < -0.3 is 4.42 Å². The lowest BCUT2D eigenvalue weighted by Gasteiger charge is -1.99. The van der Waals surface area contributed by atoms with Gasteiger partial charge in [-0.2, -0.15) is 4.68 Å². The highest BCUT2D eigenvalue weighted by Crippen LogP contribution is 2.26. The lowest BCUT2D eigenvalue weighted by atomic mass is 10.3. The first-order valence-corrected chi connectivity index (χ1v) is 6.05. The summed E-state index contributed by atoms with van der Waals surface area (Å²) >= 11 is 1.43. The van der Waals surface area contributed by atoms with Crippen molar-refractivity contribution < 1.29 is 9.21 Å². The van der Waals surface area contributed by atoms with Crippen LogP contribution in [-0.4, -0.2) is 26.3 Å². The van der Waals surface area contributed by atoms with E-state index in [1.54, 1.807) is 12.1 Å². The van der Waals surface area contributed by atoms with Crippen LogP contribution in [0.4, 0.5) is 0 Å². The Morgan fingerprint density at radius 3 is 3.00 bits per heavy atom. The van der Waals surface area contributed by atoms with Crippen LogP contribution in [0.25, 0.3) is 16.6 Å². The molecule has 0 unspecified atom stereocenters. The maximum atomic E-state index is 11.0. The molecular weight excluding hydrogens is 252 g/mol. The average Bonchev–Trinajstić information content (AvgIpc) is 3.07. The van der Waals surface area contributed by atoms with Crippen LogP contribution in [0, 0.1) is 6.92 Å². The normalized spacial score (nSPS) is 10.7. The lowest BCUT2D eigenvalue weighted by Crippen LogP contribution is -1.99. The summed E-state index contributed by atoms with van der Waals surface area (Å²) in [4.78, 5) is 15.3. The van der Waals surface area contributed by atoms with Crippen molar-refractivity contribution in [1.82, 2.24) is 20.0 Å². The van der Waals surface area contributed by atoms with Crippen molar-refractivity contribution in [2.75, 3.05) is 0 Å². The second-order valence-electron chi connectivity index (χ2n) is 3.60. The third-order valence-corrected chi connectivity index (χ3v) is 3.28. The fourth-order valence-corrected chi connectivity index (χ4v) is 2.34. The topological polar surface area (TPSA) is 73.8 Å². The van der Waals surface area contributed by atoms with E-state index >= 15 is 0 Å². The predicted octanol–water partition coefficient (Wildman–Crippen LogP) is 2.10. The third kappa shape index (κ3) is 1.65. The van der Waals surface area contributed by atoms with Crippen molar-refractivity contribution in [3.8, 4) is 16.6 Å². The first kappa shape index (κ1) is 10.8. The Balaban J connectivity index is 2.22. The minimum atomic E-state index is 0.234. The van der Waals surface area contributed by atoms with Gasteiger partial charge in [0.1, 0.15) is 5.69 Å². The van der Waals surface area contributed by atoms with Crippen LogP contribution in [-0.2, 0) is 0 Å². The van der Waals surface area contributed by atoms with Gasteiger partial charge in [0.2, 0.25) is 5.13 Å². The molecule has 0 atom stereocenters. The summed E-state index contributed by atoms with van der Waals surface area (Å²) in [5.74, 6) is 0.537. The molecule has 3 rings (SSSR count). The first-order valence-electron chi connectivity index (χ1n) is 5.17. The van der Waals surface area contributed by atoms with Crippen molar-refractivity contribution in [1.29, 1.82) is 0 Å². The standard InChI is InChI=1S/C11H8N4O2S/c1-7-6-18-11(12-7)15-10(8(5-16)13-14-15)9-3-2-4-17-9/h2-6H,1H3. The van der Waals surface area contributed by atoms with Crippen molar-refractivity contribution in [2.24, 2.45) is 0 Å². The molecule has 3 aromatic rings. The molecule has 6 nitrogen and oxygen atoms in total. The number of carbonyl (C=O) groups excluding carboxylic acids is 1. The van der Waals surface area contributed by atoms with E-state index in [2.05, 4.69) is 15.3 Å². The molecule has 0 aliphatic heterocycles. The van der Waals surface area contributed by atoms with Crippen LogP contribution in [0.3, 0.4) is 0 Å². The number of rotatable bonds is 3. The zero-order valence-electron chi connectivity index (χ0n) is 9.40. The quantitative estimate of drug-likeness (QED) is 0.674. The van der Waals surface area contributed by atoms with Gasteiger partial charge >= 0.3 is 0 Å². The highest BCUT2D eigenvalue weighted by atomic mass is 32.1. The molecule has 90 valence electrons. The van der Waals surface area contributed by atoms with Gasteiger partial charge in [0.25, 0.3) is 0 Å². The number of thiazole rings is 1. The van der Waals surface area contributed by atoms with E-state index in [9.17, 15) is 4.79 Å². The summed E-state index contributed by atoms with van der Waals surface area (Å²) in [5.41, 5.74) is 1.64. The molecule has 7 heteroatoms. The van der Waals surface area contributed by atoms with Gasteiger partial charge in [-0.05, 0) is 19.1 Å². The monoisotopic (exact) mass is 260 g/mol. The molecule has 0 saturated carbocycles. The van der Waals surface area contributed by atoms with E-state index in [4.69, 9.17) is 4.42 Å². The van der Waals surface area contributed by atoms with E-state index in [0.717, 1.165) is 5.69 Å². The molecule has 3 heterocycles. The van der Waals surface area contributed by atoms with Crippen LogP contribution in [0.2, 0.25) is 0 Å². The minimum absolute atomic E-state index is 0.234. The number of aromatic nitrogens is 4. The van der Waals surface area contributed by atoms with Crippen LogP contribution in [0.5, 0.6) is 0 Å². The molecule has 0 aliphatic carbocycles. The van der Waals surface area contributed by atoms with Gasteiger partial charge in [-0.25, -0.2) is 4.98 Å². The van der Waals surface area contributed by atoms with Gasteiger partial charge in [0, 0.05) is 5.38 Å².